The fraction of sp³-hybridized carbons (Fsp3) is 0.167. The number of benzene rings is 3. The Kier molecular flexibility index (Phi) is 8.19. The fourth-order valence-corrected chi connectivity index (χ4v) is 3.79. The largest absolute Gasteiger partial charge is 0.493 e. The van der Waals surface area contributed by atoms with E-state index in [0.29, 0.717) is 33.9 Å². The highest BCUT2D eigenvalue weighted by Gasteiger charge is 2.15. The molecule has 0 aromatic heterocycles. The van der Waals surface area contributed by atoms with Gasteiger partial charge in [-0.1, -0.05) is 29.3 Å². The molecule has 0 radical (unpaired) electrons. The molecule has 0 saturated heterocycles. The van der Waals surface area contributed by atoms with Crippen molar-refractivity contribution in [2.45, 2.75) is 13.5 Å². The molecule has 33 heavy (non-hydrogen) atoms. The molecule has 9 heteroatoms. The van der Waals surface area contributed by atoms with Crippen LogP contribution in [0.3, 0.4) is 0 Å². The summed E-state index contributed by atoms with van der Waals surface area (Å²) in [6, 6.07) is 15.8. The molecule has 0 bridgehead atoms. The van der Waals surface area contributed by atoms with E-state index in [-0.39, 0.29) is 23.1 Å². The molecule has 1 amide bonds. The third kappa shape index (κ3) is 6.63. The number of aromatic carboxylic acids is 1. The van der Waals surface area contributed by atoms with Crippen molar-refractivity contribution in [3.05, 3.63) is 80.8 Å². The van der Waals surface area contributed by atoms with Gasteiger partial charge in [0.1, 0.15) is 0 Å². The van der Waals surface area contributed by atoms with E-state index in [1.165, 1.54) is 19.2 Å². The van der Waals surface area contributed by atoms with Crippen LogP contribution in [0.15, 0.2) is 59.1 Å². The average Bonchev–Trinajstić information content (AvgIpc) is 2.78. The maximum Gasteiger partial charge on any atom is 0.337 e. The Morgan fingerprint density at radius 2 is 1.76 bits per heavy atom. The third-order valence-electron chi connectivity index (χ3n) is 4.67. The number of anilines is 2. The van der Waals surface area contributed by atoms with Crippen LogP contribution in [0, 0.1) is 6.92 Å². The van der Waals surface area contributed by atoms with Gasteiger partial charge in [0.05, 0.1) is 22.2 Å². The summed E-state index contributed by atoms with van der Waals surface area (Å²) in [5, 5.41) is 15.3. The molecule has 172 valence electrons. The van der Waals surface area contributed by atoms with Gasteiger partial charge < -0.3 is 25.2 Å². The number of hydrogen-bond acceptors (Lipinski definition) is 5. The number of carbonyl (C=O) groups excluding carboxylic acids is 1. The Labute approximate surface area is 204 Å². The first-order chi connectivity index (χ1) is 15.8. The van der Waals surface area contributed by atoms with Crippen LogP contribution in [0.1, 0.15) is 21.5 Å². The van der Waals surface area contributed by atoms with E-state index >= 15 is 0 Å². The number of nitrogens with one attached hydrogen (secondary N) is 2. The van der Waals surface area contributed by atoms with Crippen LogP contribution in [0.2, 0.25) is 5.02 Å². The zero-order chi connectivity index (χ0) is 24.0. The second-order valence-corrected chi connectivity index (χ2v) is 8.43. The van der Waals surface area contributed by atoms with Crippen LogP contribution < -0.4 is 20.1 Å². The number of amides is 1. The lowest BCUT2D eigenvalue weighted by Gasteiger charge is -2.15. The molecule has 0 aliphatic heterocycles. The Hall–Kier alpha value is -3.23. The number of aryl methyl sites for hydroxylation is 1. The van der Waals surface area contributed by atoms with Crippen LogP contribution >= 0.6 is 27.5 Å². The Morgan fingerprint density at radius 3 is 2.42 bits per heavy atom. The van der Waals surface area contributed by atoms with E-state index in [0.717, 1.165) is 11.1 Å². The van der Waals surface area contributed by atoms with Crippen LogP contribution in [-0.2, 0) is 11.3 Å². The molecular formula is C24H22BrClN2O5. The van der Waals surface area contributed by atoms with Gasteiger partial charge in [0.15, 0.2) is 18.1 Å². The van der Waals surface area contributed by atoms with E-state index in [1.54, 1.807) is 12.1 Å². The number of carboxylic acids is 1. The van der Waals surface area contributed by atoms with Gasteiger partial charge in [-0.3, -0.25) is 4.79 Å². The third-order valence-corrected chi connectivity index (χ3v) is 5.58. The minimum Gasteiger partial charge on any atom is -0.493 e. The minimum absolute atomic E-state index is 0.0214. The van der Waals surface area contributed by atoms with Crippen LogP contribution in [0.25, 0.3) is 0 Å². The SMILES string of the molecule is COc1cc(CNc2ccc(Cl)c(C(=O)O)c2)cc(Br)c1OCC(=O)Nc1ccc(C)cc1. The number of hydrogen-bond donors (Lipinski definition) is 3. The molecule has 0 unspecified atom stereocenters. The average molecular weight is 534 g/mol. The van der Waals surface area contributed by atoms with Crippen LogP contribution in [-0.4, -0.2) is 30.7 Å². The van der Waals surface area contributed by atoms with Crippen molar-refractivity contribution >= 4 is 50.8 Å². The number of halogens is 2. The van der Waals surface area contributed by atoms with Gasteiger partial charge in [0.25, 0.3) is 5.91 Å². The van der Waals surface area contributed by atoms with Crippen LogP contribution in [0.5, 0.6) is 11.5 Å². The van der Waals surface area contributed by atoms with Crippen molar-refractivity contribution in [3.63, 3.8) is 0 Å². The summed E-state index contributed by atoms with van der Waals surface area (Å²) in [5.74, 6) is -0.539. The molecule has 0 spiro atoms. The molecule has 3 aromatic rings. The van der Waals surface area contributed by atoms with Crippen LogP contribution in [0.4, 0.5) is 11.4 Å². The molecule has 0 saturated carbocycles. The maximum atomic E-state index is 12.3. The molecule has 3 N–H and O–H groups in total. The van der Waals surface area contributed by atoms with Crippen molar-refractivity contribution in [1.29, 1.82) is 0 Å². The van der Waals surface area contributed by atoms with E-state index in [9.17, 15) is 14.7 Å². The zero-order valence-electron chi connectivity index (χ0n) is 17.9. The van der Waals surface area contributed by atoms with Crippen molar-refractivity contribution in [3.8, 4) is 11.5 Å². The predicted molar refractivity (Wildman–Crippen MR) is 132 cm³/mol. The van der Waals surface area contributed by atoms with Gasteiger partial charge in [-0.15, -0.1) is 0 Å². The van der Waals surface area contributed by atoms with Crippen molar-refractivity contribution < 1.29 is 24.2 Å². The van der Waals surface area contributed by atoms with Crippen molar-refractivity contribution in [2.24, 2.45) is 0 Å². The molecule has 0 fully saturated rings. The van der Waals surface area contributed by atoms with E-state index in [4.69, 9.17) is 21.1 Å². The summed E-state index contributed by atoms with van der Waals surface area (Å²) < 4.78 is 11.8. The Balaban J connectivity index is 1.65. The quantitative estimate of drug-likeness (QED) is 0.324. The first-order valence-electron chi connectivity index (χ1n) is 9.89. The van der Waals surface area contributed by atoms with Gasteiger partial charge in [0.2, 0.25) is 0 Å². The predicted octanol–water partition coefficient (Wildman–Crippen LogP) is 5.75. The molecule has 3 aromatic carbocycles. The fourth-order valence-electron chi connectivity index (χ4n) is 2.99. The second kappa shape index (κ2) is 11.1. The van der Waals surface area contributed by atoms with E-state index in [1.807, 2.05) is 37.3 Å². The maximum absolute atomic E-state index is 12.3. The zero-order valence-corrected chi connectivity index (χ0v) is 20.3. The molecule has 0 atom stereocenters. The molecule has 7 nitrogen and oxygen atoms in total. The van der Waals surface area contributed by atoms with Crippen molar-refractivity contribution in [2.75, 3.05) is 24.4 Å². The number of carboxylic acid groups (broad SMARTS) is 1. The molecule has 0 aliphatic rings. The highest BCUT2D eigenvalue weighted by molar-refractivity contribution is 9.10. The van der Waals surface area contributed by atoms with Gasteiger partial charge in [-0.05, 0) is 70.9 Å². The first-order valence-corrected chi connectivity index (χ1v) is 11.1. The lowest BCUT2D eigenvalue weighted by Crippen LogP contribution is -2.20. The monoisotopic (exact) mass is 532 g/mol. The molecule has 3 rings (SSSR count). The minimum atomic E-state index is -1.10. The summed E-state index contributed by atoms with van der Waals surface area (Å²) in [5.41, 5.74) is 3.27. The second-order valence-electron chi connectivity index (χ2n) is 7.17. The molecule has 0 aliphatic carbocycles. The normalized spacial score (nSPS) is 10.4. The van der Waals surface area contributed by atoms with E-state index in [2.05, 4.69) is 26.6 Å². The van der Waals surface area contributed by atoms with Gasteiger partial charge >= 0.3 is 5.97 Å². The van der Waals surface area contributed by atoms with Gasteiger partial charge in [0, 0.05) is 17.9 Å². The lowest BCUT2D eigenvalue weighted by molar-refractivity contribution is -0.118. The Bertz CT molecular complexity index is 1170. The van der Waals surface area contributed by atoms with Gasteiger partial charge in [-0.25, -0.2) is 4.79 Å². The first kappa shape index (κ1) is 24.4. The standard InChI is InChI=1S/C24H22BrClN2O5/c1-14-3-5-16(6-4-14)28-22(29)13-33-23-19(25)9-15(10-21(23)32-2)12-27-17-7-8-20(26)18(11-17)24(30)31/h3-11,27H,12-13H2,1-2H3,(H,28,29)(H,30,31). The summed E-state index contributed by atoms with van der Waals surface area (Å²) in [6.45, 7) is 2.17. The smallest absolute Gasteiger partial charge is 0.337 e. The number of ether oxygens (including phenoxy) is 2. The summed E-state index contributed by atoms with van der Waals surface area (Å²) in [6.07, 6.45) is 0. The highest BCUT2D eigenvalue weighted by Crippen LogP contribution is 2.37. The summed E-state index contributed by atoms with van der Waals surface area (Å²) in [4.78, 5) is 23.5. The summed E-state index contributed by atoms with van der Waals surface area (Å²) in [7, 11) is 1.51. The number of carbonyl (C=O) groups is 2. The number of rotatable bonds is 9. The van der Waals surface area contributed by atoms with E-state index < -0.39 is 5.97 Å². The van der Waals surface area contributed by atoms with Crippen molar-refractivity contribution in [1.82, 2.24) is 0 Å². The lowest BCUT2D eigenvalue weighted by atomic mass is 10.1. The summed E-state index contributed by atoms with van der Waals surface area (Å²) >= 11 is 9.39. The molecular weight excluding hydrogens is 512 g/mol. The molecule has 0 heterocycles. The topological polar surface area (TPSA) is 96.9 Å². The van der Waals surface area contributed by atoms with Gasteiger partial charge in [-0.2, -0.15) is 0 Å². The highest BCUT2D eigenvalue weighted by atomic mass is 79.9. The number of methoxy groups -OCH3 is 1. The Morgan fingerprint density at radius 1 is 1.06 bits per heavy atom.